The number of fused-ring (bicyclic) bond motifs is 2. The van der Waals surface area contributed by atoms with Crippen molar-refractivity contribution in [3.63, 3.8) is 0 Å². The van der Waals surface area contributed by atoms with Crippen LogP contribution in [-0.2, 0) is 19.6 Å². The van der Waals surface area contributed by atoms with Crippen LogP contribution in [0.3, 0.4) is 0 Å². The summed E-state index contributed by atoms with van der Waals surface area (Å²) in [5.41, 5.74) is -5.03. The van der Waals surface area contributed by atoms with Crippen LogP contribution in [0.25, 0.3) is 0 Å². The van der Waals surface area contributed by atoms with Gasteiger partial charge >= 0.3 is 21.6 Å². The molecule has 0 amide bonds. The van der Waals surface area contributed by atoms with Gasteiger partial charge in [0.05, 0.1) is 18.7 Å². The van der Waals surface area contributed by atoms with Gasteiger partial charge in [-0.1, -0.05) is 18.2 Å². The molecule has 41 heavy (non-hydrogen) atoms. The number of aromatic nitrogens is 1. The summed E-state index contributed by atoms with van der Waals surface area (Å²) in [7, 11) is -4.80. The number of alkyl halides is 3. The van der Waals surface area contributed by atoms with E-state index in [0.717, 1.165) is 6.07 Å². The van der Waals surface area contributed by atoms with Crippen molar-refractivity contribution in [3.8, 4) is 23.0 Å². The molecule has 218 valence electrons. The second kappa shape index (κ2) is 10.1. The van der Waals surface area contributed by atoms with Gasteiger partial charge in [0.25, 0.3) is 0 Å². The molecule has 2 aromatic carbocycles. The molecule has 5 rings (SSSR count). The second-order valence-electron chi connectivity index (χ2n) is 10.5. The topological polar surface area (TPSA) is 110 Å². The maximum Gasteiger partial charge on any atom is 0.534 e. The summed E-state index contributed by atoms with van der Waals surface area (Å²) < 4.78 is 90.9. The largest absolute Gasteiger partial charge is 0.534 e. The van der Waals surface area contributed by atoms with Gasteiger partial charge in [-0.2, -0.15) is 21.6 Å². The molecule has 1 aliphatic heterocycles. The molecule has 0 radical (unpaired) electrons. The van der Waals surface area contributed by atoms with E-state index in [1.54, 1.807) is 51.1 Å². The number of esters is 1. The fourth-order valence-corrected chi connectivity index (χ4v) is 5.60. The number of ether oxygens (including phenoxy) is 4. The van der Waals surface area contributed by atoms with Crippen LogP contribution >= 0.6 is 0 Å². The van der Waals surface area contributed by atoms with Crippen LogP contribution in [0.5, 0.6) is 23.0 Å². The molecular weight excluding hydrogens is 567 g/mol. The van der Waals surface area contributed by atoms with Crippen LogP contribution < -0.4 is 18.4 Å². The molecular formula is C28H26F3NO8S. The van der Waals surface area contributed by atoms with E-state index in [1.807, 2.05) is 0 Å². The average molecular weight is 594 g/mol. The highest BCUT2D eigenvalue weighted by Gasteiger charge is 2.52. The van der Waals surface area contributed by atoms with Crippen LogP contribution in [0.2, 0.25) is 0 Å². The Hall–Kier alpha value is -4.00. The smallest absolute Gasteiger partial charge is 0.497 e. The Balaban J connectivity index is 1.73. The molecule has 0 fully saturated rings. The Kier molecular flexibility index (Phi) is 7.04. The first-order valence-electron chi connectivity index (χ1n) is 12.5. The maximum atomic E-state index is 13.9. The van der Waals surface area contributed by atoms with Gasteiger partial charge in [-0.05, 0) is 56.2 Å². The first-order chi connectivity index (χ1) is 19.2. The molecule has 2 aliphatic rings. The number of benzene rings is 2. The lowest BCUT2D eigenvalue weighted by atomic mass is 9.79. The number of carbonyl (C=O) groups excluding carboxylic acids is 1. The van der Waals surface area contributed by atoms with Gasteiger partial charge in [0, 0.05) is 29.7 Å². The zero-order chi connectivity index (χ0) is 29.7. The molecule has 1 aromatic heterocycles. The number of methoxy groups -OCH3 is 1. The van der Waals surface area contributed by atoms with Crippen molar-refractivity contribution in [2.75, 3.05) is 13.9 Å². The Bertz CT molecular complexity index is 1600. The zero-order valence-corrected chi connectivity index (χ0v) is 23.2. The third-order valence-electron chi connectivity index (χ3n) is 6.69. The summed E-state index contributed by atoms with van der Waals surface area (Å²) in [5.74, 6) is -3.11. The number of rotatable bonds is 6. The highest BCUT2D eigenvalue weighted by atomic mass is 32.2. The van der Waals surface area contributed by atoms with Crippen LogP contribution in [-0.4, -0.2) is 44.4 Å². The molecule has 3 aromatic rings. The first kappa shape index (κ1) is 28.5. The Morgan fingerprint density at radius 2 is 1.71 bits per heavy atom. The highest BCUT2D eigenvalue weighted by Crippen LogP contribution is 2.55. The minimum Gasteiger partial charge on any atom is -0.497 e. The Morgan fingerprint density at radius 1 is 0.976 bits per heavy atom. The van der Waals surface area contributed by atoms with E-state index in [9.17, 15) is 26.4 Å². The molecule has 0 saturated carbocycles. The van der Waals surface area contributed by atoms with Crippen LogP contribution in [0.15, 0.2) is 54.7 Å². The molecule has 0 N–H and O–H groups in total. The van der Waals surface area contributed by atoms with Gasteiger partial charge in [-0.25, -0.2) is 0 Å². The standard InChI is InChI=1S/C28H26F3NO8S/c1-27(2,3)39-26(33)24-22(15-7-10-19-21(12-15)38-14-37-19)18-6-5-11-32-25(18)23(24)17-9-8-16(36-4)13-20(17)40-41(34,35)28(29,30)31/h5-13,22-24H,14H2,1-4H3/t22-,23-,24+/m0/s1. The molecule has 9 nitrogen and oxygen atoms in total. The van der Waals surface area contributed by atoms with Crippen molar-refractivity contribution in [2.24, 2.45) is 5.92 Å². The monoisotopic (exact) mass is 593 g/mol. The van der Waals surface area contributed by atoms with Crippen molar-refractivity contribution in [3.05, 3.63) is 77.1 Å². The Morgan fingerprint density at radius 3 is 2.39 bits per heavy atom. The van der Waals surface area contributed by atoms with E-state index in [0.29, 0.717) is 28.3 Å². The van der Waals surface area contributed by atoms with E-state index in [1.165, 1.54) is 25.4 Å². The maximum absolute atomic E-state index is 13.9. The molecule has 1 aliphatic carbocycles. The lowest BCUT2D eigenvalue weighted by molar-refractivity contribution is -0.160. The van der Waals surface area contributed by atoms with Gasteiger partial charge in [0.1, 0.15) is 11.4 Å². The molecule has 3 atom stereocenters. The SMILES string of the molecule is COc1ccc([C@@H]2c3ncccc3[C@H](c3ccc4c(c3)OCO4)[C@H]2C(=O)OC(C)(C)C)c(OS(=O)(=O)C(F)(F)F)c1. The van der Waals surface area contributed by atoms with Crippen LogP contribution in [0, 0.1) is 5.92 Å². The number of pyridine rings is 1. The van der Waals surface area contributed by atoms with E-state index in [-0.39, 0.29) is 18.1 Å². The highest BCUT2D eigenvalue weighted by molar-refractivity contribution is 7.88. The quantitative estimate of drug-likeness (QED) is 0.214. The van der Waals surface area contributed by atoms with Gasteiger partial charge in [-0.3, -0.25) is 9.78 Å². The van der Waals surface area contributed by atoms with Gasteiger partial charge < -0.3 is 23.1 Å². The molecule has 0 bridgehead atoms. The minimum atomic E-state index is -6.07. The lowest BCUT2D eigenvalue weighted by Gasteiger charge is -2.29. The van der Waals surface area contributed by atoms with E-state index in [4.69, 9.17) is 18.9 Å². The fourth-order valence-electron chi connectivity index (χ4n) is 5.12. The van der Waals surface area contributed by atoms with Gasteiger partial charge in [0.2, 0.25) is 6.79 Å². The van der Waals surface area contributed by atoms with E-state index < -0.39 is 50.7 Å². The third kappa shape index (κ3) is 5.37. The summed E-state index contributed by atoms with van der Waals surface area (Å²) in [6.45, 7) is 5.09. The number of hydrogen-bond acceptors (Lipinski definition) is 9. The third-order valence-corrected chi connectivity index (χ3v) is 7.66. The molecule has 13 heteroatoms. The number of halogens is 3. The number of carbonyl (C=O) groups is 1. The predicted molar refractivity (Wildman–Crippen MR) is 138 cm³/mol. The van der Waals surface area contributed by atoms with Crippen molar-refractivity contribution < 1.29 is 49.5 Å². The Labute approximate surface area is 234 Å². The summed E-state index contributed by atoms with van der Waals surface area (Å²) >= 11 is 0. The van der Waals surface area contributed by atoms with Gasteiger partial charge in [-0.15, -0.1) is 0 Å². The van der Waals surface area contributed by atoms with Crippen molar-refractivity contribution in [1.82, 2.24) is 4.98 Å². The van der Waals surface area contributed by atoms with Crippen LogP contribution in [0.4, 0.5) is 13.2 Å². The molecule has 0 spiro atoms. The normalized spacial score (nSPS) is 19.9. The minimum absolute atomic E-state index is 0.0160. The molecule has 2 heterocycles. The predicted octanol–water partition coefficient (Wildman–Crippen LogP) is 5.28. The summed E-state index contributed by atoms with van der Waals surface area (Å²) in [6, 6.07) is 12.4. The van der Waals surface area contributed by atoms with Crippen molar-refractivity contribution in [1.29, 1.82) is 0 Å². The fraction of sp³-hybridized carbons (Fsp3) is 0.357. The second-order valence-corrected chi connectivity index (χ2v) is 12.0. The molecule has 0 unspecified atom stereocenters. The number of nitrogens with zero attached hydrogens (tertiary/aromatic N) is 1. The van der Waals surface area contributed by atoms with Crippen molar-refractivity contribution in [2.45, 2.75) is 43.7 Å². The van der Waals surface area contributed by atoms with Crippen molar-refractivity contribution >= 4 is 16.1 Å². The lowest BCUT2D eigenvalue weighted by Crippen LogP contribution is -2.33. The summed E-state index contributed by atoms with van der Waals surface area (Å²) in [4.78, 5) is 18.4. The summed E-state index contributed by atoms with van der Waals surface area (Å²) in [5, 5.41) is 0. The molecule has 0 saturated heterocycles. The van der Waals surface area contributed by atoms with Gasteiger partial charge in [0.15, 0.2) is 17.2 Å². The zero-order valence-electron chi connectivity index (χ0n) is 22.4. The van der Waals surface area contributed by atoms with Crippen LogP contribution in [0.1, 0.15) is 55.0 Å². The van der Waals surface area contributed by atoms with E-state index in [2.05, 4.69) is 9.17 Å². The van der Waals surface area contributed by atoms with E-state index >= 15 is 0 Å². The average Bonchev–Trinajstić information content (AvgIpc) is 3.49. The first-order valence-corrected chi connectivity index (χ1v) is 13.9. The number of hydrogen-bond donors (Lipinski definition) is 0. The summed E-state index contributed by atoms with van der Waals surface area (Å²) in [6.07, 6.45) is 1.48.